The lowest BCUT2D eigenvalue weighted by atomic mass is 9.51. The Bertz CT molecular complexity index is 628. The Morgan fingerprint density at radius 3 is 2.33 bits per heavy atom. The summed E-state index contributed by atoms with van der Waals surface area (Å²) in [5.74, 6) is 5.24. The van der Waals surface area contributed by atoms with Crippen LogP contribution in [0.4, 0.5) is 0 Å². The van der Waals surface area contributed by atoms with Gasteiger partial charge in [-0.15, -0.1) is 0 Å². The molecule has 128 valence electrons. The van der Waals surface area contributed by atoms with Crippen molar-refractivity contribution in [2.24, 2.45) is 29.6 Å². The lowest BCUT2D eigenvalue weighted by molar-refractivity contribution is -0.138. The van der Waals surface area contributed by atoms with Crippen molar-refractivity contribution in [3.05, 3.63) is 23.8 Å². The number of ether oxygens (including phenoxy) is 2. The van der Waals surface area contributed by atoms with Gasteiger partial charge in [0.15, 0.2) is 11.5 Å². The van der Waals surface area contributed by atoms with Gasteiger partial charge in [-0.25, -0.2) is 0 Å². The third-order valence-electron chi connectivity index (χ3n) is 6.60. The van der Waals surface area contributed by atoms with E-state index >= 15 is 0 Å². The van der Waals surface area contributed by atoms with E-state index < -0.39 is 0 Å². The van der Waals surface area contributed by atoms with Crippen LogP contribution in [0, 0.1) is 29.6 Å². The van der Waals surface area contributed by atoms with Crippen molar-refractivity contribution >= 4 is 5.91 Å². The van der Waals surface area contributed by atoms with E-state index in [1.807, 2.05) is 18.2 Å². The molecule has 4 nitrogen and oxygen atoms in total. The highest BCUT2D eigenvalue weighted by Crippen LogP contribution is 2.56. The minimum atomic E-state index is 0.259. The van der Waals surface area contributed by atoms with Gasteiger partial charge in [0, 0.05) is 12.5 Å². The van der Waals surface area contributed by atoms with Crippen molar-refractivity contribution in [3.8, 4) is 11.5 Å². The van der Waals surface area contributed by atoms with E-state index in [1.165, 1.54) is 32.1 Å². The average molecular weight is 327 g/mol. The first kappa shape index (κ1) is 14.6. The summed E-state index contributed by atoms with van der Waals surface area (Å²) in [7, 11) is 0. The predicted molar refractivity (Wildman–Crippen MR) is 89.8 cm³/mol. The van der Waals surface area contributed by atoms with Crippen LogP contribution in [0.3, 0.4) is 0 Å². The van der Waals surface area contributed by atoms with E-state index in [2.05, 4.69) is 5.32 Å². The van der Waals surface area contributed by atoms with Gasteiger partial charge < -0.3 is 14.8 Å². The van der Waals surface area contributed by atoms with E-state index in [0.717, 1.165) is 28.9 Å². The third kappa shape index (κ3) is 2.47. The molecule has 1 N–H and O–H groups in total. The van der Waals surface area contributed by atoms with Gasteiger partial charge in [0.25, 0.3) is 0 Å². The van der Waals surface area contributed by atoms with Crippen LogP contribution >= 0.6 is 0 Å². The van der Waals surface area contributed by atoms with Crippen LogP contribution in [0.1, 0.15) is 37.7 Å². The molecule has 4 fully saturated rings. The van der Waals surface area contributed by atoms with Gasteiger partial charge in [0.2, 0.25) is 5.91 Å². The fourth-order valence-corrected chi connectivity index (χ4v) is 5.86. The number of amides is 1. The van der Waals surface area contributed by atoms with E-state index in [-0.39, 0.29) is 11.8 Å². The fourth-order valence-electron chi connectivity index (χ4n) is 5.86. The van der Waals surface area contributed by atoms with Crippen LogP contribution in [0.2, 0.25) is 0 Å². The molecule has 6 rings (SSSR count). The number of carbonyl (C=O) groups is 1. The lowest BCUT2D eigenvalue weighted by Crippen LogP contribution is -2.50. The molecule has 1 aliphatic heterocycles. The van der Waals surface area contributed by atoms with Gasteiger partial charge in [0.1, 0.15) is 13.2 Å². The van der Waals surface area contributed by atoms with Gasteiger partial charge in [-0.05, 0) is 73.5 Å². The zero-order valence-corrected chi connectivity index (χ0v) is 14.0. The van der Waals surface area contributed by atoms with Crippen molar-refractivity contribution < 1.29 is 14.3 Å². The Balaban J connectivity index is 1.25. The van der Waals surface area contributed by atoms with Crippen molar-refractivity contribution in [1.82, 2.24) is 5.32 Å². The first-order chi connectivity index (χ1) is 11.8. The highest BCUT2D eigenvalue weighted by molar-refractivity contribution is 5.79. The van der Waals surface area contributed by atoms with Crippen LogP contribution in [0.15, 0.2) is 18.2 Å². The highest BCUT2D eigenvalue weighted by atomic mass is 16.6. The van der Waals surface area contributed by atoms with Crippen molar-refractivity contribution in [3.63, 3.8) is 0 Å². The molecule has 0 radical (unpaired) electrons. The van der Waals surface area contributed by atoms with E-state index in [9.17, 15) is 4.79 Å². The normalized spacial score (nSPS) is 35.8. The van der Waals surface area contributed by atoms with Gasteiger partial charge in [-0.3, -0.25) is 4.79 Å². The third-order valence-corrected chi connectivity index (χ3v) is 6.60. The summed E-state index contributed by atoms with van der Waals surface area (Å²) >= 11 is 0. The van der Waals surface area contributed by atoms with Crippen LogP contribution in [0.25, 0.3) is 0 Å². The highest BCUT2D eigenvalue weighted by Gasteiger charge is 2.50. The van der Waals surface area contributed by atoms with E-state index in [4.69, 9.17) is 9.47 Å². The topological polar surface area (TPSA) is 47.6 Å². The second-order valence-corrected chi connectivity index (χ2v) is 8.15. The molecule has 24 heavy (non-hydrogen) atoms. The van der Waals surface area contributed by atoms with Gasteiger partial charge in [-0.1, -0.05) is 6.07 Å². The number of benzene rings is 1. The molecular formula is C20H25NO3. The zero-order chi connectivity index (χ0) is 16.1. The Hall–Kier alpha value is -1.71. The molecule has 4 saturated carbocycles. The second-order valence-electron chi connectivity index (χ2n) is 8.15. The summed E-state index contributed by atoms with van der Waals surface area (Å²) < 4.78 is 11.2. The largest absolute Gasteiger partial charge is 0.486 e. The maximum atomic E-state index is 12.8. The van der Waals surface area contributed by atoms with Crippen molar-refractivity contribution in [2.45, 2.75) is 38.6 Å². The number of hydrogen-bond donors (Lipinski definition) is 1. The Morgan fingerprint density at radius 2 is 1.62 bits per heavy atom. The molecular weight excluding hydrogens is 302 g/mol. The quantitative estimate of drug-likeness (QED) is 0.928. The minimum absolute atomic E-state index is 0.259. The molecule has 1 aromatic carbocycles. The standard InChI is InChI=1S/C20H25NO3/c22-20(19-15-6-13-5-14(8-15)9-16(19)7-13)21-11-12-1-2-17-18(10-12)24-4-3-23-17/h1-2,10,13-16,19H,3-9,11H2,(H,21,22). The monoisotopic (exact) mass is 327 g/mol. The molecule has 0 unspecified atom stereocenters. The molecule has 0 spiro atoms. The van der Waals surface area contributed by atoms with Crippen LogP contribution in [-0.4, -0.2) is 19.1 Å². The molecule has 1 amide bonds. The molecule has 4 aliphatic carbocycles. The molecule has 1 aromatic rings. The molecule has 1 heterocycles. The zero-order valence-electron chi connectivity index (χ0n) is 14.0. The van der Waals surface area contributed by atoms with Gasteiger partial charge in [-0.2, -0.15) is 0 Å². The Labute approximate surface area is 142 Å². The lowest BCUT2D eigenvalue weighted by Gasteiger charge is -2.53. The Morgan fingerprint density at radius 1 is 0.958 bits per heavy atom. The summed E-state index contributed by atoms with van der Waals surface area (Å²) in [6.45, 7) is 1.78. The average Bonchev–Trinajstić information content (AvgIpc) is 2.59. The summed E-state index contributed by atoms with van der Waals surface area (Å²) in [5.41, 5.74) is 1.08. The number of carbonyl (C=O) groups excluding carboxylic acids is 1. The second kappa shape index (κ2) is 5.68. The summed E-state index contributed by atoms with van der Waals surface area (Å²) in [6.07, 6.45) is 6.58. The van der Waals surface area contributed by atoms with Crippen molar-refractivity contribution in [2.75, 3.05) is 13.2 Å². The Kier molecular flexibility index (Phi) is 3.46. The van der Waals surface area contributed by atoms with E-state index in [0.29, 0.717) is 31.6 Å². The molecule has 0 atom stereocenters. The first-order valence-electron chi connectivity index (χ1n) is 9.42. The van der Waals surface area contributed by atoms with Crippen LogP contribution in [0.5, 0.6) is 11.5 Å². The number of rotatable bonds is 3. The van der Waals surface area contributed by atoms with E-state index in [1.54, 1.807) is 0 Å². The maximum Gasteiger partial charge on any atom is 0.223 e. The molecule has 5 aliphatic rings. The molecule has 4 bridgehead atoms. The number of nitrogens with one attached hydrogen (secondary N) is 1. The predicted octanol–water partition coefficient (Wildman–Crippen LogP) is 3.15. The SMILES string of the molecule is O=C(NCc1ccc2c(c1)OCCO2)C1C2CC3CC(C2)CC1C3. The number of hydrogen-bond acceptors (Lipinski definition) is 3. The number of fused-ring (bicyclic) bond motifs is 1. The van der Waals surface area contributed by atoms with Crippen molar-refractivity contribution in [1.29, 1.82) is 0 Å². The summed E-state index contributed by atoms with van der Waals surface area (Å²) in [5, 5.41) is 3.20. The van der Waals surface area contributed by atoms with Crippen LogP contribution in [-0.2, 0) is 11.3 Å². The molecule has 0 saturated heterocycles. The van der Waals surface area contributed by atoms with Gasteiger partial charge >= 0.3 is 0 Å². The summed E-state index contributed by atoms with van der Waals surface area (Å²) in [4.78, 5) is 12.8. The maximum absolute atomic E-state index is 12.8. The van der Waals surface area contributed by atoms with Gasteiger partial charge in [0.05, 0.1) is 0 Å². The first-order valence-corrected chi connectivity index (χ1v) is 9.42. The summed E-state index contributed by atoms with van der Waals surface area (Å²) in [6, 6.07) is 5.95. The fraction of sp³-hybridized carbons (Fsp3) is 0.650. The van der Waals surface area contributed by atoms with Crippen LogP contribution < -0.4 is 14.8 Å². The molecule has 4 heteroatoms. The smallest absolute Gasteiger partial charge is 0.223 e. The molecule has 0 aromatic heterocycles. The minimum Gasteiger partial charge on any atom is -0.486 e.